The van der Waals surface area contributed by atoms with Crippen LogP contribution in [0.4, 0.5) is 13.2 Å². The van der Waals surface area contributed by atoms with Crippen molar-refractivity contribution in [3.63, 3.8) is 0 Å². The van der Waals surface area contributed by atoms with E-state index in [9.17, 15) is 21.6 Å². The van der Waals surface area contributed by atoms with E-state index >= 15 is 0 Å². The molecule has 0 saturated carbocycles. The molecule has 1 atom stereocenters. The number of alkyl halides is 3. The van der Waals surface area contributed by atoms with Crippen molar-refractivity contribution in [3.05, 3.63) is 17.0 Å². The summed E-state index contributed by atoms with van der Waals surface area (Å²) >= 11 is 1.08. The average Bonchev–Trinajstić information content (AvgIpc) is 2.97. The molecule has 1 fully saturated rings. The summed E-state index contributed by atoms with van der Waals surface area (Å²) in [7, 11) is -3.92. The quantitative estimate of drug-likeness (QED) is 0.755. The van der Waals surface area contributed by atoms with Gasteiger partial charge in [0.15, 0.2) is 0 Å². The Hall–Kier alpha value is -0.390. The fourth-order valence-electron chi connectivity index (χ4n) is 2.40. The average molecular weight is 408 g/mol. The molecule has 24 heavy (non-hydrogen) atoms. The predicted molar refractivity (Wildman–Crippen MR) is 90.4 cm³/mol. The monoisotopic (exact) mass is 407 g/mol. The van der Waals surface area contributed by atoms with Gasteiger partial charge in [-0.15, -0.1) is 23.7 Å². The minimum absolute atomic E-state index is 0. The van der Waals surface area contributed by atoms with Crippen molar-refractivity contribution in [1.82, 2.24) is 14.9 Å². The van der Waals surface area contributed by atoms with Gasteiger partial charge in [-0.05, 0) is 18.6 Å². The van der Waals surface area contributed by atoms with E-state index in [2.05, 4.69) is 10.0 Å². The van der Waals surface area contributed by atoms with Crippen LogP contribution in [0, 0.1) is 0 Å². The van der Waals surface area contributed by atoms with Gasteiger partial charge in [-0.3, -0.25) is 4.90 Å². The van der Waals surface area contributed by atoms with Gasteiger partial charge in [0.2, 0.25) is 10.0 Å². The third-order valence-electron chi connectivity index (χ3n) is 3.69. The Labute approximate surface area is 150 Å². The molecule has 2 heterocycles. The van der Waals surface area contributed by atoms with Crippen LogP contribution in [0.1, 0.15) is 11.8 Å². The summed E-state index contributed by atoms with van der Waals surface area (Å²) in [5, 5.41) is 2.98. The third-order valence-corrected chi connectivity index (χ3v) is 6.83. The second-order valence-corrected chi connectivity index (χ2v) is 8.43. The first-order valence-electron chi connectivity index (χ1n) is 7.34. The molecule has 0 aliphatic carbocycles. The van der Waals surface area contributed by atoms with Crippen LogP contribution in [-0.4, -0.2) is 58.3 Å². The Kier molecular flexibility index (Phi) is 7.95. The van der Waals surface area contributed by atoms with E-state index in [0.717, 1.165) is 16.2 Å². The molecule has 1 aliphatic heterocycles. The highest BCUT2D eigenvalue weighted by Crippen LogP contribution is 2.26. The molecule has 1 unspecified atom stereocenters. The normalized spacial score (nSPS) is 18.2. The van der Waals surface area contributed by atoms with E-state index in [1.54, 1.807) is 6.07 Å². The summed E-state index contributed by atoms with van der Waals surface area (Å²) in [6.07, 6.45) is -3.80. The molecule has 0 spiro atoms. The van der Waals surface area contributed by atoms with Crippen LogP contribution in [0.3, 0.4) is 0 Å². The predicted octanol–water partition coefficient (Wildman–Crippen LogP) is 1.85. The van der Waals surface area contributed by atoms with Gasteiger partial charge in [0.1, 0.15) is 10.3 Å². The van der Waals surface area contributed by atoms with Gasteiger partial charge < -0.3 is 5.32 Å². The highest BCUT2D eigenvalue weighted by molar-refractivity contribution is 7.91. The molecule has 1 aromatic rings. The first-order valence-corrected chi connectivity index (χ1v) is 9.64. The number of hydrogen-bond donors (Lipinski definition) is 2. The van der Waals surface area contributed by atoms with E-state index < -0.39 is 28.8 Å². The highest BCUT2D eigenvalue weighted by atomic mass is 35.5. The summed E-state index contributed by atoms with van der Waals surface area (Å²) in [5.74, 6) is 0. The molecule has 0 aromatic carbocycles. The minimum Gasteiger partial charge on any atom is -0.314 e. The van der Waals surface area contributed by atoms with Crippen molar-refractivity contribution in [3.8, 4) is 0 Å². The lowest BCUT2D eigenvalue weighted by Crippen LogP contribution is -2.57. The largest absolute Gasteiger partial charge is 0.405 e. The van der Waals surface area contributed by atoms with E-state index in [1.807, 2.05) is 6.92 Å². The van der Waals surface area contributed by atoms with Crippen LogP contribution >= 0.6 is 23.7 Å². The molecule has 1 saturated heterocycles. The van der Waals surface area contributed by atoms with Crippen molar-refractivity contribution in [2.24, 2.45) is 0 Å². The zero-order valence-corrected chi connectivity index (χ0v) is 15.5. The van der Waals surface area contributed by atoms with Crippen molar-refractivity contribution in [2.45, 2.75) is 29.8 Å². The molecule has 140 valence electrons. The highest BCUT2D eigenvalue weighted by Gasteiger charge is 2.44. The molecule has 2 rings (SSSR count). The number of aryl methyl sites for hydroxylation is 1. The molecule has 0 amide bonds. The smallest absolute Gasteiger partial charge is 0.314 e. The number of nitrogens with one attached hydrogen (secondary N) is 2. The molecule has 2 N–H and O–H groups in total. The van der Waals surface area contributed by atoms with Crippen LogP contribution in [0.2, 0.25) is 0 Å². The van der Waals surface area contributed by atoms with Gasteiger partial charge in [-0.1, -0.05) is 6.92 Å². The zero-order chi connectivity index (χ0) is 17.1. The Bertz CT molecular complexity index is 616. The molecule has 11 heteroatoms. The standard InChI is InChI=1S/C13H20F3N3O2S2.ClH/c1-2-10-3-4-12(22-10)23(20,21)18-9-11(13(14,15)16)19-7-5-17-6-8-19;/h3-4,11,17-18H,2,5-9H2,1H3;1H. The van der Waals surface area contributed by atoms with Gasteiger partial charge in [0.05, 0.1) is 0 Å². The Morgan fingerprint density at radius 1 is 1.33 bits per heavy atom. The maximum absolute atomic E-state index is 13.2. The van der Waals surface area contributed by atoms with Crippen LogP contribution < -0.4 is 10.0 Å². The number of rotatable bonds is 6. The lowest BCUT2D eigenvalue weighted by Gasteiger charge is -2.35. The molecule has 5 nitrogen and oxygen atoms in total. The third kappa shape index (κ3) is 5.57. The van der Waals surface area contributed by atoms with Gasteiger partial charge in [-0.25, -0.2) is 13.1 Å². The van der Waals surface area contributed by atoms with Gasteiger partial charge in [-0.2, -0.15) is 13.2 Å². The summed E-state index contributed by atoms with van der Waals surface area (Å²) in [5.41, 5.74) is 0. The Morgan fingerprint density at radius 3 is 2.46 bits per heavy atom. The molecule has 0 bridgehead atoms. The van der Waals surface area contributed by atoms with Crippen molar-refractivity contribution < 1.29 is 21.6 Å². The van der Waals surface area contributed by atoms with Crippen LogP contribution in [-0.2, 0) is 16.4 Å². The number of sulfonamides is 1. The summed E-state index contributed by atoms with van der Waals surface area (Å²) in [4.78, 5) is 2.14. The van der Waals surface area contributed by atoms with Gasteiger partial charge in [0.25, 0.3) is 0 Å². The molecular formula is C13H21ClF3N3O2S2. The first kappa shape index (κ1) is 21.7. The van der Waals surface area contributed by atoms with E-state index in [4.69, 9.17) is 0 Å². The van der Waals surface area contributed by atoms with Crippen molar-refractivity contribution in [2.75, 3.05) is 32.7 Å². The number of hydrogen-bond acceptors (Lipinski definition) is 5. The molecule has 0 radical (unpaired) electrons. The van der Waals surface area contributed by atoms with Crippen molar-refractivity contribution in [1.29, 1.82) is 0 Å². The Balaban J connectivity index is 0.00000288. The molecular weight excluding hydrogens is 387 g/mol. The SMILES string of the molecule is CCc1ccc(S(=O)(=O)NCC(N2CCNCC2)C(F)(F)F)s1.Cl. The van der Waals surface area contributed by atoms with Gasteiger partial charge >= 0.3 is 6.18 Å². The number of piperazine rings is 1. The maximum atomic E-state index is 13.2. The van der Waals surface area contributed by atoms with Crippen LogP contribution in [0.15, 0.2) is 16.3 Å². The second-order valence-electron chi connectivity index (χ2n) is 5.27. The van der Waals surface area contributed by atoms with Crippen LogP contribution in [0.5, 0.6) is 0 Å². The Morgan fingerprint density at radius 2 is 1.96 bits per heavy atom. The maximum Gasteiger partial charge on any atom is 0.405 e. The van der Waals surface area contributed by atoms with E-state index in [-0.39, 0.29) is 29.7 Å². The summed E-state index contributed by atoms with van der Waals surface area (Å²) in [6, 6.07) is 1.29. The molecule has 1 aliphatic rings. The van der Waals surface area contributed by atoms with E-state index in [1.165, 1.54) is 11.0 Å². The first-order chi connectivity index (χ1) is 10.7. The molecule has 1 aromatic heterocycles. The summed E-state index contributed by atoms with van der Waals surface area (Å²) in [6.45, 7) is 2.62. The van der Waals surface area contributed by atoms with E-state index in [0.29, 0.717) is 19.5 Å². The van der Waals surface area contributed by atoms with Crippen molar-refractivity contribution >= 4 is 33.8 Å². The number of nitrogens with zero attached hydrogens (tertiary/aromatic N) is 1. The van der Waals surface area contributed by atoms with Crippen LogP contribution in [0.25, 0.3) is 0 Å². The lowest BCUT2D eigenvalue weighted by atomic mass is 10.2. The minimum atomic E-state index is -4.48. The second kappa shape index (κ2) is 8.81. The van der Waals surface area contributed by atoms with Gasteiger partial charge in [0, 0.05) is 37.6 Å². The lowest BCUT2D eigenvalue weighted by molar-refractivity contribution is -0.182. The topological polar surface area (TPSA) is 61.4 Å². The number of halogens is 4. The fourth-order valence-corrected chi connectivity index (χ4v) is 4.78. The number of thiophene rings is 1. The summed E-state index contributed by atoms with van der Waals surface area (Å²) < 4.78 is 66.3. The fraction of sp³-hybridized carbons (Fsp3) is 0.692. The zero-order valence-electron chi connectivity index (χ0n) is 13.1.